The Kier molecular flexibility index (Phi) is 6.40. The third-order valence-electron chi connectivity index (χ3n) is 7.56. The molecule has 0 saturated carbocycles. The highest BCUT2D eigenvalue weighted by molar-refractivity contribution is 5.85. The number of carbonyl (C=O) groups excluding carboxylic acids is 1. The molecule has 5 heteroatoms. The average Bonchev–Trinajstić information content (AvgIpc) is 2.90. The van der Waals surface area contributed by atoms with Gasteiger partial charge in [-0.15, -0.1) is 0 Å². The van der Waals surface area contributed by atoms with Gasteiger partial charge in [0.1, 0.15) is 25.4 Å². The number of piperidine rings is 3. The van der Waals surface area contributed by atoms with Gasteiger partial charge in [-0.3, -0.25) is 0 Å². The Balaban J connectivity index is 1.31. The lowest BCUT2D eigenvalue weighted by Gasteiger charge is -2.52. The smallest absolute Gasteiger partial charge is 0.348 e. The van der Waals surface area contributed by atoms with Gasteiger partial charge in [0.2, 0.25) is 5.60 Å². The fraction of sp³-hybridized carbons (Fsp3) is 0.345. The van der Waals surface area contributed by atoms with Crippen LogP contribution in [0.5, 0.6) is 5.75 Å². The maximum absolute atomic E-state index is 13.6. The van der Waals surface area contributed by atoms with Gasteiger partial charge in [-0.2, -0.15) is 0 Å². The standard InChI is InChI=1S/C29H32NO4/c31-28(29(32,24-10-4-1-5-11-24)25-12-6-2-7-13-25)34-27-22-30(18-16-23(27)17-19-30)20-21-33-26-14-8-3-9-15-26/h1-15,23,27,32H,16-22H2/q+1. The Labute approximate surface area is 201 Å². The van der Waals surface area contributed by atoms with E-state index in [0.29, 0.717) is 23.7 Å². The van der Waals surface area contributed by atoms with Crippen molar-refractivity contribution in [1.29, 1.82) is 0 Å². The zero-order valence-corrected chi connectivity index (χ0v) is 19.4. The van der Waals surface area contributed by atoms with Crippen molar-refractivity contribution in [3.05, 3.63) is 102 Å². The van der Waals surface area contributed by atoms with Crippen molar-refractivity contribution in [2.24, 2.45) is 5.92 Å². The fourth-order valence-electron chi connectivity index (χ4n) is 5.53. The molecule has 0 aliphatic carbocycles. The van der Waals surface area contributed by atoms with Gasteiger partial charge in [0, 0.05) is 18.8 Å². The van der Waals surface area contributed by atoms with Gasteiger partial charge < -0.3 is 19.1 Å². The van der Waals surface area contributed by atoms with Crippen LogP contribution < -0.4 is 4.74 Å². The summed E-state index contributed by atoms with van der Waals surface area (Å²) in [6.45, 7) is 4.45. The van der Waals surface area contributed by atoms with E-state index in [1.54, 1.807) is 24.3 Å². The van der Waals surface area contributed by atoms with Crippen LogP contribution in [0.3, 0.4) is 0 Å². The van der Waals surface area contributed by atoms with Crippen molar-refractivity contribution < 1.29 is 23.9 Å². The van der Waals surface area contributed by atoms with E-state index in [1.807, 2.05) is 66.7 Å². The van der Waals surface area contributed by atoms with Crippen LogP contribution in [0.15, 0.2) is 91.0 Å². The molecule has 0 aromatic heterocycles. The minimum atomic E-state index is -1.84. The molecule has 3 fully saturated rings. The average molecular weight is 459 g/mol. The number of carbonyl (C=O) groups is 1. The molecule has 3 aromatic rings. The first-order valence-electron chi connectivity index (χ1n) is 12.2. The summed E-state index contributed by atoms with van der Waals surface area (Å²) in [5, 5.41) is 11.8. The van der Waals surface area contributed by atoms with Crippen LogP contribution in [0.4, 0.5) is 0 Å². The van der Waals surface area contributed by atoms with Gasteiger partial charge in [0.15, 0.2) is 6.10 Å². The Morgan fingerprint density at radius 3 is 1.94 bits per heavy atom. The molecule has 3 saturated heterocycles. The fourth-order valence-corrected chi connectivity index (χ4v) is 5.53. The molecule has 0 radical (unpaired) electrons. The lowest BCUT2D eigenvalue weighted by atomic mass is 9.82. The number of hydrogen-bond acceptors (Lipinski definition) is 4. The second-order valence-electron chi connectivity index (χ2n) is 9.58. The molecule has 1 atom stereocenters. The quantitative estimate of drug-likeness (QED) is 0.407. The Hall–Kier alpha value is -3.15. The summed E-state index contributed by atoms with van der Waals surface area (Å²) in [5.74, 6) is 0.628. The summed E-state index contributed by atoms with van der Waals surface area (Å²) in [5.41, 5.74) is -0.796. The monoisotopic (exact) mass is 458 g/mol. The normalized spacial score (nSPS) is 23.9. The topological polar surface area (TPSA) is 55.8 Å². The predicted molar refractivity (Wildman–Crippen MR) is 130 cm³/mol. The number of rotatable bonds is 8. The molecule has 3 aliphatic heterocycles. The molecular formula is C29H32NO4+. The number of ether oxygens (including phenoxy) is 2. The molecule has 3 aromatic carbocycles. The molecule has 3 heterocycles. The molecule has 3 aliphatic rings. The first-order valence-corrected chi connectivity index (χ1v) is 12.2. The van der Waals surface area contributed by atoms with E-state index in [4.69, 9.17) is 9.47 Å². The van der Waals surface area contributed by atoms with Gasteiger partial charge in [-0.1, -0.05) is 78.9 Å². The molecule has 6 rings (SSSR count). The number of fused-ring (bicyclic) bond motifs is 3. The van der Waals surface area contributed by atoms with Crippen LogP contribution in [-0.2, 0) is 15.1 Å². The predicted octanol–water partition coefficient (Wildman–Crippen LogP) is 4.15. The minimum Gasteiger partial charge on any atom is -0.488 e. The van der Waals surface area contributed by atoms with Crippen molar-refractivity contribution in [2.45, 2.75) is 24.5 Å². The number of hydrogen-bond donors (Lipinski definition) is 1. The molecule has 0 amide bonds. The molecule has 176 valence electrons. The number of esters is 1. The van der Waals surface area contributed by atoms with E-state index in [9.17, 15) is 9.90 Å². The summed E-state index contributed by atoms with van der Waals surface area (Å²) in [6.07, 6.45) is 1.85. The molecule has 34 heavy (non-hydrogen) atoms. The van der Waals surface area contributed by atoms with E-state index in [-0.39, 0.29) is 6.10 Å². The summed E-state index contributed by atoms with van der Waals surface area (Å²) in [6, 6.07) is 28.1. The second kappa shape index (κ2) is 9.61. The van der Waals surface area contributed by atoms with Crippen LogP contribution in [0, 0.1) is 5.92 Å². The lowest BCUT2D eigenvalue weighted by molar-refractivity contribution is -0.946. The zero-order chi connectivity index (χ0) is 23.4. The number of aliphatic hydroxyl groups is 1. The number of quaternary nitrogens is 1. The largest absolute Gasteiger partial charge is 0.488 e. The molecular weight excluding hydrogens is 426 g/mol. The number of benzene rings is 3. The van der Waals surface area contributed by atoms with E-state index in [1.165, 1.54) is 0 Å². The van der Waals surface area contributed by atoms with Gasteiger partial charge >= 0.3 is 5.97 Å². The maximum atomic E-state index is 13.6. The molecule has 0 spiro atoms. The zero-order valence-electron chi connectivity index (χ0n) is 19.4. The van der Waals surface area contributed by atoms with Crippen molar-refractivity contribution in [2.75, 3.05) is 32.8 Å². The molecule has 5 nitrogen and oxygen atoms in total. The Morgan fingerprint density at radius 2 is 1.38 bits per heavy atom. The summed E-state index contributed by atoms with van der Waals surface area (Å²) in [4.78, 5) is 13.6. The minimum absolute atomic E-state index is 0.203. The van der Waals surface area contributed by atoms with Gasteiger partial charge in [0.05, 0.1) is 13.1 Å². The van der Waals surface area contributed by atoms with E-state index >= 15 is 0 Å². The van der Waals surface area contributed by atoms with Gasteiger partial charge in [-0.25, -0.2) is 4.79 Å². The molecule has 1 unspecified atom stereocenters. The van der Waals surface area contributed by atoms with Crippen LogP contribution >= 0.6 is 0 Å². The van der Waals surface area contributed by atoms with Crippen LogP contribution in [0.1, 0.15) is 24.0 Å². The highest BCUT2D eigenvalue weighted by Gasteiger charge is 2.50. The van der Waals surface area contributed by atoms with Crippen molar-refractivity contribution >= 4 is 5.97 Å². The maximum Gasteiger partial charge on any atom is 0.348 e. The third-order valence-corrected chi connectivity index (χ3v) is 7.56. The number of nitrogens with zero attached hydrogens (tertiary/aromatic N) is 1. The van der Waals surface area contributed by atoms with E-state index < -0.39 is 11.6 Å². The number of para-hydroxylation sites is 1. The lowest BCUT2D eigenvalue weighted by Crippen LogP contribution is -2.65. The van der Waals surface area contributed by atoms with Crippen molar-refractivity contribution in [3.63, 3.8) is 0 Å². The third kappa shape index (κ3) is 4.46. The molecule has 2 bridgehead atoms. The summed E-state index contributed by atoms with van der Waals surface area (Å²) in [7, 11) is 0. The first kappa shape index (κ1) is 22.6. The van der Waals surface area contributed by atoms with Gasteiger partial charge in [0.25, 0.3) is 0 Å². The first-order chi connectivity index (χ1) is 16.6. The summed E-state index contributed by atoms with van der Waals surface area (Å²) >= 11 is 0. The van der Waals surface area contributed by atoms with Crippen LogP contribution in [0.2, 0.25) is 0 Å². The highest BCUT2D eigenvalue weighted by atomic mass is 16.6. The van der Waals surface area contributed by atoms with Crippen LogP contribution in [-0.4, -0.2) is 54.4 Å². The van der Waals surface area contributed by atoms with Crippen molar-refractivity contribution in [1.82, 2.24) is 0 Å². The van der Waals surface area contributed by atoms with Crippen LogP contribution in [0.25, 0.3) is 0 Å². The Bertz CT molecular complexity index is 1040. The van der Waals surface area contributed by atoms with Gasteiger partial charge in [-0.05, 0) is 23.3 Å². The second-order valence-corrected chi connectivity index (χ2v) is 9.58. The Morgan fingerprint density at radius 1 is 0.853 bits per heavy atom. The van der Waals surface area contributed by atoms with E-state index in [0.717, 1.165) is 49.3 Å². The molecule has 1 N–H and O–H groups in total. The highest BCUT2D eigenvalue weighted by Crippen LogP contribution is 2.38. The van der Waals surface area contributed by atoms with E-state index in [2.05, 4.69) is 0 Å². The SMILES string of the molecule is O=C(OC1C[N+]2(CCOc3ccccc3)CCC1CC2)C(O)(c1ccccc1)c1ccccc1. The summed E-state index contributed by atoms with van der Waals surface area (Å²) < 4.78 is 13.0. The van der Waals surface area contributed by atoms with Crippen molar-refractivity contribution in [3.8, 4) is 5.75 Å².